The molecule has 2 atom stereocenters. The van der Waals surface area contributed by atoms with Crippen LogP contribution in [0.25, 0.3) is 0 Å². The summed E-state index contributed by atoms with van der Waals surface area (Å²) in [7, 11) is 0. The maximum Gasteiger partial charge on any atom is 0.309 e. The van der Waals surface area contributed by atoms with E-state index < -0.39 is 0 Å². The number of carbonyl (C=O) groups is 1. The second kappa shape index (κ2) is 17.4. The van der Waals surface area contributed by atoms with Crippen LogP contribution in [0, 0.1) is 29.6 Å². The Kier molecular flexibility index (Phi) is 15.1. The lowest BCUT2D eigenvalue weighted by Gasteiger charge is -2.05. The second-order valence-electron chi connectivity index (χ2n) is 7.66. The number of aliphatic hydroxyl groups excluding tert-OH is 1. The van der Waals surface area contributed by atoms with Gasteiger partial charge in [0.2, 0.25) is 0 Å². The molecule has 156 valence electrons. The van der Waals surface area contributed by atoms with Crippen LogP contribution in [-0.4, -0.2) is 23.8 Å². The number of carbonyl (C=O) groups excluding carboxylic acids is 1. The first-order valence-electron chi connectivity index (χ1n) is 11.2. The predicted molar refractivity (Wildman–Crippen MR) is 115 cm³/mol. The summed E-state index contributed by atoms with van der Waals surface area (Å²) in [6.07, 6.45) is 19.6. The number of rotatable bonds is 14. The van der Waals surface area contributed by atoms with Crippen molar-refractivity contribution in [3.05, 3.63) is 12.2 Å². The van der Waals surface area contributed by atoms with E-state index in [1.54, 1.807) is 0 Å². The summed E-state index contributed by atoms with van der Waals surface area (Å²) in [6.45, 7) is 2.15. The summed E-state index contributed by atoms with van der Waals surface area (Å²) in [5.74, 6) is 11.8. The zero-order chi connectivity index (χ0) is 20.3. The molecule has 1 heterocycles. The minimum atomic E-state index is -0.262. The van der Waals surface area contributed by atoms with Gasteiger partial charge in [0.25, 0.3) is 0 Å². The normalized spacial score (nSPS) is 18.4. The van der Waals surface area contributed by atoms with Crippen molar-refractivity contribution in [3.8, 4) is 23.7 Å². The molecule has 1 N–H and O–H groups in total. The molecule has 0 saturated carbocycles. The van der Waals surface area contributed by atoms with Gasteiger partial charge in [0.05, 0.1) is 12.5 Å². The fourth-order valence-corrected chi connectivity index (χ4v) is 3.38. The number of aliphatic hydroxyl groups is 1. The molecule has 0 aromatic heterocycles. The van der Waals surface area contributed by atoms with Gasteiger partial charge in [-0.15, -0.1) is 0 Å². The summed E-state index contributed by atoms with van der Waals surface area (Å²) >= 11 is 0. The van der Waals surface area contributed by atoms with Gasteiger partial charge in [-0.1, -0.05) is 82.6 Å². The molecule has 0 aromatic carbocycles. The average molecular weight is 387 g/mol. The monoisotopic (exact) mass is 386 g/mol. The van der Waals surface area contributed by atoms with Crippen LogP contribution >= 0.6 is 0 Å². The summed E-state index contributed by atoms with van der Waals surface area (Å²) in [4.78, 5) is 11.6. The molecule has 0 amide bonds. The highest BCUT2D eigenvalue weighted by Crippen LogP contribution is 2.26. The lowest BCUT2D eigenvalue weighted by Crippen LogP contribution is -2.10. The maximum atomic E-state index is 11.6. The van der Waals surface area contributed by atoms with Crippen molar-refractivity contribution in [2.24, 2.45) is 5.92 Å². The Hall–Kier alpha value is -1.71. The number of hydrogen-bond donors (Lipinski definition) is 1. The quantitative estimate of drug-likeness (QED) is 0.241. The van der Waals surface area contributed by atoms with Crippen LogP contribution < -0.4 is 0 Å². The summed E-state index contributed by atoms with van der Waals surface area (Å²) in [5, 5.41) is 9.04. The summed E-state index contributed by atoms with van der Waals surface area (Å²) in [6, 6.07) is 0. The van der Waals surface area contributed by atoms with Gasteiger partial charge in [0.1, 0.15) is 6.10 Å². The molecule has 0 spiro atoms. The Balaban J connectivity index is 1.86. The first kappa shape index (κ1) is 24.3. The van der Waals surface area contributed by atoms with E-state index in [0.29, 0.717) is 6.42 Å². The molecular weight excluding hydrogens is 348 g/mol. The summed E-state index contributed by atoms with van der Waals surface area (Å²) in [5.41, 5.74) is 0. The van der Waals surface area contributed by atoms with Crippen molar-refractivity contribution in [3.63, 3.8) is 0 Å². The Bertz CT molecular complexity index is 556. The fraction of sp³-hybridized carbons (Fsp3) is 0.720. The molecule has 3 nitrogen and oxygen atoms in total. The van der Waals surface area contributed by atoms with E-state index >= 15 is 0 Å². The van der Waals surface area contributed by atoms with Gasteiger partial charge in [0.15, 0.2) is 0 Å². The molecule has 0 bridgehead atoms. The molecule has 1 saturated heterocycles. The van der Waals surface area contributed by atoms with Crippen molar-refractivity contribution in [2.45, 2.75) is 103 Å². The Labute approximate surface area is 172 Å². The molecule has 3 heteroatoms. The van der Waals surface area contributed by atoms with Gasteiger partial charge < -0.3 is 9.84 Å². The Morgan fingerprint density at radius 3 is 2.43 bits per heavy atom. The van der Waals surface area contributed by atoms with Crippen LogP contribution in [0.3, 0.4) is 0 Å². The predicted octanol–water partition coefficient (Wildman–Crippen LogP) is 5.56. The zero-order valence-electron chi connectivity index (χ0n) is 17.7. The van der Waals surface area contributed by atoms with E-state index in [-0.39, 0.29) is 24.6 Å². The topological polar surface area (TPSA) is 46.5 Å². The van der Waals surface area contributed by atoms with Gasteiger partial charge in [-0.2, -0.15) is 0 Å². The van der Waals surface area contributed by atoms with Crippen LogP contribution in [0.5, 0.6) is 0 Å². The highest BCUT2D eigenvalue weighted by Gasteiger charge is 2.33. The molecule has 1 aliphatic rings. The Morgan fingerprint density at radius 2 is 1.75 bits per heavy atom. The highest BCUT2D eigenvalue weighted by atomic mass is 16.6. The van der Waals surface area contributed by atoms with E-state index in [4.69, 9.17) is 9.84 Å². The third-order valence-corrected chi connectivity index (χ3v) is 5.12. The van der Waals surface area contributed by atoms with Crippen molar-refractivity contribution in [2.75, 3.05) is 6.61 Å². The average Bonchev–Trinajstić information content (AvgIpc) is 3.07. The number of unbranched alkanes of at least 4 members (excludes halogenated alkanes) is 10. The van der Waals surface area contributed by atoms with Crippen molar-refractivity contribution in [1.82, 2.24) is 0 Å². The molecule has 0 unspecified atom stereocenters. The SMILES string of the molecule is CCCC/C=C\C#CC#CCCCCCCCCCC[C@H]1C[C@@H](CO)OC1=O. The third kappa shape index (κ3) is 12.6. The minimum Gasteiger partial charge on any atom is -0.460 e. The summed E-state index contributed by atoms with van der Waals surface area (Å²) < 4.78 is 5.10. The number of ether oxygens (including phenoxy) is 1. The van der Waals surface area contributed by atoms with Crippen LogP contribution in [0.4, 0.5) is 0 Å². The first-order valence-corrected chi connectivity index (χ1v) is 11.2. The van der Waals surface area contributed by atoms with E-state index in [1.807, 2.05) is 6.08 Å². The van der Waals surface area contributed by atoms with Gasteiger partial charge in [-0.25, -0.2) is 0 Å². The number of hydrogen-bond acceptors (Lipinski definition) is 3. The van der Waals surface area contributed by atoms with E-state index in [1.165, 1.54) is 51.4 Å². The van der Waals surface area contributed by atoms with Crippen molar-refractivity contribution in [1.29, 1.82) is 0 Å². The lowest BCUT2D eigenvalue weighted by molar-refractivity contribution is -0.145. The molecule has 0 radical (unpaired) electrons. The minimum absolute atomic E-state index is 0.0139. The van der Waals surface area contributed by atoms with E-state index in [2.05, 4.69) is 36.7 Å². The van der Waals surface area contributed by atoms with Crippen LogP contribution in [0.15, 0.2) is 12.2 Å². The van der Waals surface area contributed by atoms with Gasteiger partial charge in [-0.05, 0) is 43.6 Å². The van der Waals surface area contributed by atoms with Gasteiger partial charge in [0, 0.05) is 6.42 Å². The Morgan fingerprint density at radius 1 is 1.04 bits per heavy atom. The van der Waals surface area contributed by atoms with Crippen molar-refractivity contribution < 1.29 is 14.6 Å². The van der Waals surface area contributed by atoms with Gasteiger partial charge in [-0.3, -0.25) is 4.79 Å². The lowest BCUT2D eigenvalue weighted by atomic mass is 9.97. The number of esters is 1. The zero-order valence-corrected chi connectivity index (χ0v) is 17.7. The van der Waals surface area contributed by atoms with Gasteiger partial charge >= 0.3 is 5.97 Å². The van der Waals surface area contributed by atoms with E-state index in [0.717, 1.165) is 32.1 Å². The molecule has 28 heavy (non-hydrogen) atoms. The van der Waals surface area contributed by atoms with E-state index in [9.17, 15) is 4.79 Å². The molecule has 1 aliphatic heterocycles. The smallest absolute Gasteiger partial charge is 0.309 e. The molecule has 0 aromatic rings. The fourth-order valence-electron chi connectivity index (χ4n) is 3.38. The second-order valence-corrected chi connectivity index (χ2v) is 7.66. The largest absolute Gasteiger partial charge is 0.460 e. The van der Waals surface area contributed by atoms with Crippen LogP contribution in [0.1, 0.15) is 96.8 Å². The first-order chi connectivity index (χ1) is 13.8. The molecule has 1 rings (SSSR count). The van der Waals surface area contributed by atoms with Crippen molar-refractivity contribution >= 4 is 5.97 Å². The standard InChI is InChI=1S/C25H38O3/c1-2-3-4-5-6-7-8-9-10-11-12-13-14-15-16-17-18-19-20-23-21-24(22-26)28-25(23)27/h5-6,23-24,26H,2-4,11-22H2,1H3/b6-5-/t23-,24-/m0/s1. The third-order valence-electron chi connectivity index (χ3n) is 5.12. The molecule has 1 fully saturated rings. The maximum absolute atomic E-state index is 11.6. The number of allylic oxidation sites excluding steroid dienone is 2. The van der Waals surface area contributed by atoms with Crippen LogP contribution in [-0.2, 0) is 9.53 Å². The molecule has 0 aliphatic carbocycles. The number of cyclic esters (lactones) is 1. The van der Waals surface area contributed by atoms with Crippen LogP contribution in [0.2, 0.25) is 0 Å². The molecular formula is C25H38O3. The highest BCUT2D eigenvalue weighted by molar-refractivity contribution is 5.74.